The second kappa shape index (κ2) is 7.16. The summed E-state index contributed by atoms with van der Waals surface area (Å²) in [6.07, 6.45) is 3.54. The van der Waals surface area contributed by atoms with Crippen LogP contribution in [-0.2, 0) is 16.0 Å². The Morgan fingerprint density at radius 1 is 1.46 bits per heavy atom. The molecule has 128 valence electrons. The highest BCUT2D eigenvalue weighted by molar-refractivity contribution is 5.91. The largest absolute Gasteiger partial charge is 0.446 e. The number of amides is 2. The van der Waals surface area contributed by atoms with E-state index in [1.54, 1.807) is 6.07 Å². The van der Waals surface area contributed by atoms with Crippen LogP contribution < -0.4 is 10.6 Å². The van der Waals surface area contributed by atoms with Gasteiger partial charge in [0.2, 0.25) is 5.91 Å². The molecule has 3 N–H and O–H groups in total. The van der Waals surface area contributed by atoms with Crippen LogP contribution in [0.3, 0.4) is 0 Å². The van der Waals surface area contributed by atoms with Crippen LogP contribution in [0.15, 0.2) is 22.9 Å². The Morgan fingerprint density at radius 2 is 2.33 bits per heavy atom. The summed E-state index contributed by atoms with van der Waals surface area (Å²) < 4.78 is 10.2. The van der Waals surface area contributed by atoms with Crippen molar-refractivity contribution in [1.82, 2.24) is 20.7 Å². The molecular weight excluding hydrogens is 314 g/mol. The van der Waals surface area contributed by atoms with Gasteiger partial charge in [0.15, 0.2) is 5.82 Å². The zero-order valence-corrected chi connectivity index (χ0v) is 13.2. The fraction of sp³-hybridized carbons (Fsp3) is 0.467. The molecule has 2 heterocycles. The van der Waals surface area contributed by atoms with E-state index in [1.165, 1.54) is 13.2 Å². The molecule has 0 bridgehead atoms. The molecular formula is C15H19N5O4. The average molecular weight is 333 g/mol. The molecule has 2 aromatic heterocycles. The number of H-pyrrole nitrogens is 1. The number of rotatable bonds is 5. The van der Waals surface area contributed by atoms with Crippen molar-refractivity contribution in [3.05, 3.63) is 29.8 Å². The van der Waals surface area contributed by atoms with Crippen LogP contribution in [0.25, 0.3) is 0 Å². The molecule has 0 aromatic carbocycles. The zero-order chi connectivity index (χ0) is 16.9. The second-order valence-electron chi connectivity index (χ2n) is 5.70. The van der Waals surface area contributed by atoms with Crippen LogP contribution in [0.2, 0.25) is 0 Å². The number of hydrogen-bond acceptors (Lipinski definition) is 6. The first-order valence-electron chi connectivity index (χ1n) is 7.77. The predicted molar refractivity (Wildman–Crippen MR) is 83.3 cm³/mol. The lowest BCUT2D eigenvalue weighted by atomic mass is 10.0. The van der Waals surface area contributed by atoms with Gasteiger partial charge >= 0.3 is 6.09 Å². The van der Waals surface area contributed by atoms with E-state index in [-0.39, 0.29) is 24.3 Å². The quantitative estimate of drug-likeness (QED) is 0.763. The van der Waals surface area contributed by atoms with E-state index in [0.717, 1.165) is 25.0 Å². The minimum atomic E-state index is -0.411. The lowest BCUT2D eigenvalue weighted by molar-refractivity contribution is -0.115. The van der Waals surface area contributed by atoms with Crippen molar-refractivity contribution in [3.8, 4) is 0 Å². The summed E-state index contributed by atoms with van der Waals surface area (Å²) in [4.78, 5) is 23.2. The summed E-state index contributed by atoms with van der Waals surface area (Å²) in [5, 5.41) is 15.8. The molecule has 2 amide bonds. The van der Waals surface area contributed by atoms with Crippen LogP contribution in [0.5, 0.6) is 0 Å². The standard InChI is InChI=1S/C15H19N5O4/c1-16-15(22)23-10-3-2-9(6-10)12-8-13(20-19-12)18-14(21)7-11-4-5-17-24-11/h4-5,8-10H,2-3,6-7H2,1H3,(H,16,22)(H2,18,19,20,21)/t9-,10+/m0/s1. The van der Waals surface area contributed by atoms with Crippen LogP contribution >= 0.6 is 0 Å². The summed E-state index contributed by atoms with van der Waals surface area (Å²) in [5.74, 6) is 0.961. The Bertz CT molecular complexity index is 697. The number of aromatic nitrogens is 3. The number of ether oxygens (including phenoxy) is 1. The molecule has 9 heteroatoms. The number of aromatic amines is 1. The molecule has 1 aliphatic carbocycles. The lowest BCUT2D eigenvalue weighted by Gasteiger charge is -2.11. The molecule has 3 rings (SSSR count). The van der Waals surface area contributed by atoms with Crippen molar-refractivity contribution < 1.29 is 18.8 Å². The molecule has 1 fully saturated rings. The summed E-state index contributed by atoms with van der Waals surface area (Å²) >= 11 is 0. The maximum atomic E-state index is 11.9. The highest BCUT2D eigenvalue weighted by Crippen LogP contribution is 2.35. The predicted octanol–water partition coefficient (Wildman–Crippen LogP) is 1.57. The third kappa shape index (κ3) is 3.92. The van der Waals surface area contributed by atoms with Crippen LogP contribution in [0.4, 0.5) is 10.6 Å². The van der Waals surface area contributed by atoms with Gasteiger partial charge in [-0.1, -0.05) is 5.16 Å². The van der Waals surface area contributed by atoms with Crippen LogP contribution in [0.1, 0.15) is 36.6 Å². The van der Waals surface area contributed by atoms with Gasteiger partial charge in [0.1, 0.15) is 11.9 Å². The van der Waals surface area contributed by atoms with Gasteiger partial charge in [-0.3, -0.25) is 9.89 Å². The van der Waals surface area contributed by atoms with Gasteiger partial charge in [0.05, 0.1) is 12.6 Å². The van der Waals surface area contributed by atoms with E-state index in [4.69, 9.17) is 9.26 Å². The summed E-state index contributed by atoms with van der Waals surface area (Å²) in [5.41, 5.74) is 0.924. The van der Waals surface area contributed by atoms with E-state index >= 15 is 0 Å². The van der Waals surface area contributed by atoms with Crippen LogP contribution in [-0.4, -0.2) is 40.5 Å². The van der Waals surface area contributed by atoms with Gasteiger partial charge in [-0.25, -0.2) is 4.79 Å². The number of anilines is 1. The molecule has 0 radical (unpaired) electrons. The zero-order valence-electron chi connectivity index (χ0n) is 13.2. The molecule has 0 spiro atoms. The van der Waals surface area contributed by atoms with Gasteiger partial charge in [0.25, 0.3) is 0 Å². The van der Waals surface area contributed by atoms with E-state index < -0.39 is 6.09 Å². The first kappa shape index (κ1) is 16.0. The Balaban J connectivity index is 1.52. The number of carbonyl (C=O) groups is 2. The highest BCUT2D eigenvalue weighted by atomic mass is 16.6. The fourth-order valence-corrected chi connectivity index (χ4v) is 2.83. The number of carbonyl (C=O) groups excluding carboxylic acids is 2. The van der Waals surface area contributed by atoms with Crippen molar-refractivity contribution in [2.75, 3.05) is 12.4 Å². The Morgan fingerprint density at radius 3 is 3.08 bits per heavy atom. The van der Waals surface area contributed by atoms with E-state index in [1.807, 2.05) is 6.07 Å². The fourth-order valence-electron chi connectivity index (χ4n) is 2.83. The van der Waals surface area contributed by atoms with Crippen molar-refractivity contribution >= 4 is 17.8 Å². The van der Waals surface area contributed by atoms with Crippen molar-refractivity contribution in [2.45, 2.75) is 37.7 Å². The molecule has 0 unspecified atom stereocenters. The Kier molecular flexibility index (Phi) is 4.78. The van der Waals surface area contributed by atoms with Crippen molar-refractivity contribution in [2.24, 2.45) is 0 Å². The van der Waals surface area contributed by atoms with Crippen molar-refractivity contribution in [3.63, 3.8) is 0 Å². The maximum Gasteiger partial charge on any atom is 0.407 e. The van der Waals surface area contributed by atoms with Gasteiger partial charge in [0, 0.05) is 30.8 Å². The molecule has 2 atom stereocenters. The van der Waals surface area contributed by atoms with Gasteiger partial charge in [-0.05, 0) is 19.3 Å². The first-order chi connectivity index (χ1) is 11.6. The highest BCUT2D eigenvalue weighted by Gasteiger charge is 2.29. The van der Waals surface area contributed by atoms with E-state index in [9.17, 15) is 9.59 Å². The number of nitrogens with one attached hydrogen (secondary N) is 3. The molecule has 1 aliphatic rings. The Labute approximate surface area is 138 Å². The molecule has 2 aromatic rings. The third-order valence-electron chi connectivity index (χ3n) is 3.99. The van der Waals surface area contributed by atoms with Gasteiger partial charge in [-0.15, -0.1) is 0 Å². The van der Waals surface area contributed by atoms with Gasteiger partial charge < -0.3 is 19.9 Å². The minimum Gasteiger partial charge on any atom is -0.446 e. The summed E-state index contributed by atoms with van der Waals surface area (Å²) in [6, 6.07) is 3.45. The SMILES string of the molecule is CNC(=O)O[C@@H]1CC[C@H](c2cc(NC(=O)Cc3ccno3)n[nH]2)C1. The first-order valence-corrected chi connectivity index (χ1v) is 7.77. The molecule has 1 saturated carbocycles. The lowest BCUT2D eigenvalue weighted by Crippen LogP contribution is -2.24. The van der Waals surface area contributed by atoms with Crippen molar-refractivity contribution in [1.29, 1.82) is 0 Å². The minimum absolute atomic E-state index is 0.0947. The molecule has 24 heavy (non-hydrogen) atoms. The molecule has 9 nitrogen and oxygen atoms in total. The number of hydrogen-bond donors (Lipinski definition) is 3. The Hall–Kier alpha value is -2.84. The smallest absolute Gasteiger partial charge is 0.407 e. The number of alkyl carbamates (subject to hydrolysis) is 1. The number of nitrogens with zero attached hydrogens (tertiary/aromatic N) is 2. The topological polar surface area (TPSA) is 122 Å². The van der Waals surface area contributed by atoms with Crippen LogP contribution in [0, 0.1) is 0 Å². The third-order valence-corrected chi connectivity index (χ3v) is 3.99. The van der Waals surface area contributed by atoms with E-state index in [0.29, 0.717) is 11.6 Å². The normalized spacial score (nSPS) is 19.9. The molecule has 0 aliphatic heterocycles. The summed E-state index contributed by atoms with van der Waals surface area (Å²) in [7, 11) is 1.54. The average Bonchev–Trinajstić information content (AvgIpc) is 3.28. The maximum absolute atomic E-state index is 11.9. The monoisotopic (exact) mass is 333 g/mol. The second-order valence-corrected chi connectivity index (χ2v) is 5.70. The van der Waals surface area contributed by atoms with Gasteiger partial charge in [-0.2, -0.15) is 5.10 Å². The van der Waals surface area contributed by atoms with E-state index in [2.05, 4.69) is 26.0 Å². The molecule has 0 saturated heterocycles. The summed E-state index contributed by atoms with van der Waals surface area (Å²) in [6.45, 7) is 0.